The molecule has 0 aliphatic heterocycles. The van der Waals surface area contributed by atoms with Crippen molar-refractivity contribution in [3.8, 4) is 5.75 Å². The number of hydrogen-bond donors (Lipinski definition) is 1. The van der Waals surface area contributed by atoms with E-state index in [-0.39, 0.29) is 11.4 Å². The number of thiazole rings is 1. The Kier molecular flexibility index (Phi) is 4.97. The molecule has 0 saturated carbocycles. The molecule has 2 rings (SSSR count). The zero-order chi connectivity index (χ0) is 15.5. The fraction of sp³-hybridized carbons (Fsp3) is 0.357. The molecule has 0 spiro atoms. The zero-order valence-corrected chi connectivity index (χ0v) is 13.8. The number of ether oxygens (including phenoxy) is 1. The maximum atomic E-state index is 12.2. The van der Waals surface area contributed by atoms with E-state index in [1.54, 1.807) is 12.1 Å². The van der Waals surface area contributed by atoms with Crippen LogP contribution >= 0.6 is 11.3 Å². The highest BCUT2D eigenvalue weighted by Crippen LogP contribution is 2.19. The van der Waals surface area contributed by atoms with Crippen molar-refractivity contribution in [2.24, 2.45) is 0 Å². The second kappa shape index (κ2) is 6.55. The van der Waals surface area contributed by atoms with E-state index >= 15 is 0 Å². The van der Waals surface area contributed by atoms with Gasteiger partial charge in [-0.2, -0.15) is 0 Å². The number of nitrogens with one attached hydrogen (secondary N) is 1. The Balaban J connectivity index is 2.06. The smallest absolute Gasteiger partial charge is 0.240 e. The second-order valence-electron chi connectivity index (χ2n) is 4.82. The van der Waals surface area contributed by atoms with Gasteiger partial charge < -0.3 is 4.74 Å². The highest BCUT2D eigenvalue weighted by molar-refractivity contribution is 7.89. The van der Waals surface area contributed by atoms with Gasteiger partial charge in [0.05, 0.1) is 24.2 Å². The molecule has 0 bridgehead atoms. The molecule has 1 aromatic carbocycles. The number of benzene rings is 1. The predicted octanol–water partition coefficient (Wildman–Crippen LogP) is 2.75. The van der Waals surface area contributed by atoms with Gasteiger partial charge in [-0.25, -0.2) is 18.1 Å². The molecule has 7 heteroatoms. The summed E-state index contributed by atoms with van der Waals surface area (Å²) in [6.45, 7) is 4.31. The number of nitrogens with zero attached hydrogens (tertiary/aromatic N) is 1. The van der Waals surface area contributed by atoms with Crippen molar-refractivity contribution in [1.82, 2.24) is 9.71 Å². The van der Waals surface area contributed by atoms with E-state index in [0.717, 1.165) is 10.7 Å². The van der Waals surface area contributed by atoms with Crippen molar-refractivity contribution >= 4 is 21.4 Å². The monoisotopic (exact) mass is 326 g/mol. The summed E-state index contributed by atoms with van der Waals surface area (Å²) in [6, 6.07) is 6.27. The topological polar surface area (TPSA) is 68.3 Å². The van der Waals surface area contributed by atoms with Gasteiger partial charge in [0.15, 0.2) is 0 Å². The van der Waals surface area contributed by atoms with Crippen LogP contribution in [0.3, 0.4) is 0 Å². The molecule has 0 aliphatic rings. The van der Waals surface area contributed by atoms with Crippen LogP contribution in [-0.2, 0) is 16.6 Å². The molecule has 0 saturated heterocycles. The third-order valence-electron chi connectivity index (χ3n) is 2.94. The molecule has 2 aromatic rings. The van der Waals surface area contributed by atoms with Crippen LogP contribution in [0.25, 0.3) is 0 Å². The molecule has 0 atom stereocenters. The number of rotatable bonds is 6. The zero-order valence-electron chi connectivity index (χ0n) is 12.2. The SMILES string of the molecule is COc1ccc(S(=O)(=O)NCc2nc(C(C)C)cs2)cc1. The largest absolute Gasteiger partial charge is 0.497 e. The van der Waals surface area contributed by atoms with Crippen molar-refractivity contribution in [2.75, 3.05) is 7.11 Å². The van der Waals surface area contributed by atoms with Gasteiger partial charge in [-0.15, -0.1) is 11.3 Å². The molecule has 114 valence electrons. The third kappa shape index (κ3) is 4.03. The minimum absolute atomic E-state index is 0.200. The van der Waals surface area contributed by atoms with Gasteiger partial charge in [0, 0.05) is 5.38 Å². The summed E-state index contributed by atoms with van der Waals surface area (Å²) < 4.78 is 31.9. The molecule has 21 heavy (non-hydrogen) atoms. The van der Waals surface area contributed by atoms with E-state index in [4.69, 9.17) is 4.74 Å². The Labute approximate surface area is 129 Å². The maximum absolute atomic E-state index is 12.2. The molecule has 5 nitrogen and oxygen atoms in total. The van der Waals surface area contributed by atoms with E-state index in [9.17, 15) is 8.42 Å². The quantitative estimate of drug-likeness (QED) is 0.886. The lowest BCUT2D eigenvalue weighted by Crippen LogP contribution is -2.23. The summed E-state index contributed by atoms with van der Waals surface area (Å²) >= 11 is 1.46. The Bertz CT molecular complexity index is 691. The van der Waals surface area contributed by atoms with Gasteiger partial charge >= 0.3 is 0 Å². The average Bonchev–Trinajstić information content (AvgIpc) is 2.94. The van der Waals surface area contributed by atoms with Crippen LogP contribution in [0.1, 0.15) is 30.5 Å². The average molecular weight is 326 g/mol. The van der Waals surface area contributed by atoms with Crippen LogP contribution in [0, 0.1) is 0 Å². The Morgan fingerprint density at radius 1 is 1.29 bits per heavy atom. The van der Waals surface area contributed by atoms with Gasteiger partial charge in [0.2, 0.25) is 10.0 Å². The van der Waals surface area contributed by atoms with Crippen molar-refractivity contribution in [3.63, 3.8) is 0 Å². The minimum Gasteiger partial charge on any atom is -0.497 e. The first kappa shape index (κ1) is 15.9. The van der Waals surface area contributed by atoms with Crippen LogP contribution < -0.4 is 9.46 Å². The van der Waals surface area contributed by atoms with Gasteiger partial charge in [-0.3, -0.25) is 0 Å². The molecular formula is C14H18N2O3S2. The lowest BCUT2D eigenvalue weighted by atomic mass is 10.2. The number of sulfonamides is 1. The lowest BCUT2D eigenvalue weighted by molar-refractivity contribution is 0.414. The molecule has 0 fully saturated rings. The standard InChI is InChI=1S/C14H18N2O3S2/c1-10(2)13-9-20-14(16-13)8-15-21(17,18)12-6-4-11(19-3)5-7-12/h4-7,9-10,15H,8H2,1-3H3. The summed E-state index contributed by atoms with van der Waals surface area (Å²) in [5, 5.41) is 2.72. The highest BCUT2D eigenvalue weighted by atomic mass is 32.2. The van der Waals surface area contributed by atoms with Crippen molar-refractivity contribution in [3.05, 3.63) is 40.3 Å². The van der Waals surface area contributed by atoms with Crippen molar-refractivity contribution in [1.29, 1.82) is 0 Å². The molecule has 0 unspecified atom stereocenters. The first-order chi connectivity index (χ1) is 9.92. The fourth-order valence-corrected chi connectivity index (χ4v) is 3.64. The summed E-state index contributed by atoms with van der Waals surface area (Å²) in [5.74, 6) is 0.962. The normalized spacial score (nSPS) is 11.8. The molecule has 0 aliphatic carbocycles. The summed E-state index contributed by atoms with van der Waals surface area (Å²) in [5.41, 5.74) is 0.985. The van der Waals surface area contributed by atoms with Crippen LogP contribution in [0.2, 0.25) is 0 Å². The molecule has 1 heterocycles. The fourth-order valence-electron chi connectivity index (χ4n) is 1.67. The lowest BCUT2D eigenvalue weighted by Gasteiger charge is -2.06. The minimum atomic E-state index is -3.53. The third-order valence-corrected chi connectivity index (χ3v) is 5.23. The van der Waals surface area contributed by atoms with E-state index in [1.165, 1.54) is 30.6 Å². The van der Waals surface area contributed by atoms with Crippen molar-refractivity contribution < 1.29 is 13.2 Å². The highest BCUT2D eigenvalue weighted by Gasteiger charge is 2.15. The van der Waals surface area contributed by atoms with Gasteiger partial charge in [-0.1, -0.05) is 13.8 Å². The number of hydrogen-bond acceptors (Lipinski definition) is 5. The van der Waals surface area contributed by atoms with Crippen LogP contribution in [0.5, 0.6) is 5.75 Å². The molecule has 1 N–H and O–H groups in total. The Morgan fingerprint density at radius 2 is 1.95 bits per heavy atom. The van der Waals surface area contributed by atoms with E-state index in [1.807, 2.05) is 5.38 Å². The number of methoxy groups -OCH3 is 1. The van der Waals surface area contributed by atoms with Gasteiger partial charge in [0.1, 0.15) is 10.8 Å². The summed E-state index contributed by atoms with van der Waals surface area (Å²) in [4.78, 5) is 4.62. The molecule has 0 amide bonds. The molecule has 1 aromatic heterocycles. The maximum Gasteiger partial charge on any atom is 0.240 e. The van der Waals surface area contributed by atoms with Crippen LogP contribution in [0.15, 0.2) is 34.5 Å². The first-order valence-electron chi connectivity index (χ1n) is 6.50. The number of aromatic nitrogens is 1. The summed E-state index contributed by atoms with van der Waals surface area (Å²) in [6.07, 6.45) is 0. The Hall–Kier alpha value is -1.44. The van der Waals surface area contributed by atoms with E-state index in [2.05, 4.69) is 23.6 Å². The summed E-state index contributed by atoms with van der Waals surface area (Å²) in [7, 11) is -2.00. The van der Waals surface area contributed by atoms with Crippen LogP contribution in [-0.4, -0.2) is 20.5 Å². The van der Waals surface area contributed by atoms with E-state index < -0.39 is 10.0 Å². The van der Waals surface area contributed by atoms with E-state index in [0.29, 0.717) is 11.7 Å². The van der Waals surface area contributed by atoms with Gasteiger partial charge in [-0.05, 0) is 30.2 Å². The van der Waals surface area contributed by atoms with Crippen molar-refractivity contribution in [2.45, 2.75) is 31.2 Å². The van der Waals surface area contributed by atoms with Gasteiger partial charge in [0.25, 0.3) is 0 Å². The molecule has 0 radical (unpaired) electrons. The first-order valence-corrected chi connectivity index (χ1v) is 8.86. The predicted molar refractivity (Wildman–Crippen MR) is 83.2 cm³/mol. The van der Waals surface area contributed by atoms with Crippen LogP contribution in [0.4, 0.5) is 0 Å². The molecular weight excluding hydrogens is 308 g/mol. The Morgan fingerprint density at radius 3 is 2.48 bits per heavy atom. The second-order valence-corrected chi connectivity index (χ2v) is 7.53.